The third-order valence-electron chi connectivity index (χ3n) is 5.15. The van der Waals surface area contributed by atoms with Crippen LogP contribution in [0.4, 0.5) is 5.13 Å². The number of halogens is 1. The van der Waals surface area contributed by atoms with E-state index in [0.29, 0.717) is 12.5 Å². The summed E-state index contributed by atoms with van der Waals surface area (Å²) < 4.78 is 0. The molecule has 2 heterocycles. The Balaban J connectivity index is 1.25. The molecule has 0 aliphatic heterocycles. The fraction of sp³-hybridized carbons (Fsp3) is 0.286. The van der Waals surface area contributed by atoms with Gasteiger partial charge in [-0.05, 0) is 55.2 Å². The Bertz CT molecular complexity index is 1130. The van der Waals surface area contributed by atoms with Crippen LogP contribution in [0.1, 0.15) is 30.0 Å². The molecule has 4 aromatic rings. The SMILES string of the molecule is N[C@H](CNc1nnc(-c2ccc3[nH]nc(C4CC4)c3c2)s1)Cc1ccc(Cl)cc1. The van der Waals surface area contributed by atoms with Gasteiger partial charge in [0.15, 0.2) is 0 Å². The molecule has 0 radical (unpaired) electrons. The number of fused-ring (bicyclic) bond motifs is 1. The van der Waals surface area contributed by atoms with E-state index in [1.54, 1.807) is 11.3 Å². The van der Waals surface area contributed by atoms with Gasteiger partial charge < -0.3 is 11.1 Å². The summed E-state index contributed by atoms with van der Waals surface area (Å²) in [6.45, 7) is 0.629. The summed E-state index contributed by atoms with van der Waals surface area (Å²) in [5.74, 6) is 0.604. The molecule has 6 nitrogen and oxygen atoms in total. The molecule has 1 saturated carbocycles. The van der Waals surface area contributed by atoms with Crippen LogP contribution in [-0.2, 0) is 6.42 Å². The highest BCUT2D eigenvalue weighted by Crippen LogP contribution is 2.42. The molecule has 4 N–H and O–H groups in total. The molecule has 1 fully saturated rings. The maximum Gasteiger partial charge on any atom is 0.206 e. The van der Waals surface area contributed by atoms with E-state index in [1.165, 1.54) is 29.5 Å². The van der Waals surface area contributed by atoms with Gasteiger partial charge in [0.25, 0.3) is 0 Å². The quantitative estimate of drug-likeness (QED) is 0.403. The summed E-state index contributed by atoms with van der Waals surface area (Å²) in [4.78, 5) is 0. The fourth-order valence-corrected chi connectivity index (χ4v) is 4.33. The molecule has 2 aromatic heterocycles. The normalized spacial score (nSPS) is 15.0. The molecule has 0 amide bonds. The fourth-order valence-electron chi connectivity index (χ4n) is 3.46. The molecule has 0 saturated heterocycles. The first kappa shape index (κ1) is 18.5. The average Bonchev–Trinajstić information content (AvgIpc) is 3.31. The lowest BCUT2D eigenvalue weighted by atomic mass is 10.1. The van der Waals surface area contributed by atoms with Crippen molar-refractivity contribution in [2.75, 3.05) is 11.9 Å². The van der Waals surface area contributed by atoms with E-state index in [2.05, 4.69) is 43.9 Å². The number of nitrogens with zero attached hydrogens (tertiary/aromatic N) is 3. The Kier molecular flexibility index (Phi) is 4.95. The lowest BCUT2D eigenvalue weighted by Crippen LogP contribution is -2.31. The van der Waals surface area contributed by atoms with Gasteiger partial charge in [0, 0.05) is 34.5 Å². The van der Waals surface area contributed by atoms with Gasteiger partial charge in [-0.3, -0.25) is 5.10 Å². The van der Waals surface area contributed by atoms with Crippen LogP contribution in [0.2, 0.25) is 5.02 Å². The van der Waals surface area contributed by atoms with E-state index in [9.17, 15) is 0 Å². The summed E-state index contributed by atoms with van der Waals surface area (Å²) in [5, 5.41) is 23.2. The van der Waals surface area contributed by atoms with Crippen LogP contribution in [0.25, 0.3) is 21.5 Å². The molecule has 8 heteroatoms. The van der Waals surface area contributed by atoms with E-state index >= 15 is 0 Å². The van der Waals surface area contributed by atoms with Crippen molar-refractivity contribution < 1.29 is 0 Å². The average molecular weight is 425 g/mol. The molecule has 29 heavy (non-hydrogen) atoms. The van der Waals surface area contributed by atoms with Gasteiger partial charge in [0.05, 0.1) is 11.2 Å². The maximum absolute atomic E-state index is 6.26. The molecule has 148 valence electrons. The predicted molar refractivity (Wildman–Crippen MR) is 119 cm³/mol. The van der Waals surface area contributed by atoms with Gasteiger partial charge in [0.1, 0.15) is 5.01 Å². The Morgan fingerprint density at radius 3 is 2.79 bits per heavy atom. The van der Waals surface area contributed by atoms with Crippen LogP contribution in [0.3, 0.4) is 0 Å². The van der Waals surface area contributed by atoms with Gasteiger partial charge in [-0.2, -0.15) is 5.10 Å². The first-order chi connectivity index (χ1) is 14.2. The second-order valence-corrected chi connectivity index (χ2v) is 8.94. The summed E-state index contributed by atoms with van der Waals surface area (Å²) in [5.41, 5.74) is 10.8. The number of anilines is 1. The number of hydrogen-bond acceptors (Lipinski definition) is 6. The number of H-pyrrole nitrogens is 1. The number of rotatable bonds is 7. The summed E-state index contributed by atoms with van der Waals surface area (Å²) in [6, 6.07) is 14.1. The Labute approximate surface area is 177 Å². The van der Waals surface area contributed by atoms with Crippen molar-refractivity contribution in [3.8, 4) is 10.6 Å². The van der Waals surface area contributed by atoms with E-state index in [0.717, 1.165) is 32.7 Å². The summed E-state index contributed by atoms with van der Waals surface area (Å²) >= 11 is 7.47. The molecule has 0 spiro atoms. The molecule has 1 aliphatic carbocycles. The Hall–Kier alpha value is -2.48. The minimum Gasteiger partial charge on any atom is -0.359 e. The lowest BCUT2D eigenvalue weighted by molar-refractivity contribution is 0.698. The molecule has 0 bridgehead atoms. The van der Waals surface area contributed by atoms with Crippen molar-refractivity contribution >= 4 is 39.0 Å². The Morgan fingerprint density at radius 1 is 1.17 bits per heavy atom. The highest BCUT2D eigenvalue weighted by Gasteiger charge is 2.28. The third-order valence-corrected chi connectivity index (χ3v) is 6.34. The second kappa shape index (κ2) is 7.74. The molecule has 0 unspecified atom stereocenters. The minimum atomic E-state index is -0.0214. The van der Waals surface area contributed by atoms with Crippen molar-refractivity contribution in [2.45, 2.75) is 31.2 Å². The molecular formula is C21H21ClN6S. The molecular weight excluding hydrogens is 404 g/mol. The Morgan fingerprint density at radius 2 is 2.00 bits per heavy atom. The predicted octanol–water partition coefficient (Wildman–Crippen LogP) is 4.59. The standard InChI is InChI=1S/C21H21ClN6S/c22-15-6-1-12(2-7-15)9-16(23)11-24-21-28-27-20(29-21)14-5-8-18-17(10-14)19(26-25-18)13-3-4-13/h1-2,5-8,10,13,16H,3-4,9,11,23H2,(H,24,28)(H,25,26)/t16-/m0/s1. The zero-order valence-corrected chi connectivity index (χ0v) is 17.3. The van der Waals surface area contributed by atoms with Gasteiger partial charge in [0.2, 0.25) is 5.13 Å². The minimum absolute atomic E-state index is 0.0214. The second-order valence-electron chi connectivity index (χ2n) is 7.53. The zero-order valence-electron chi connectivity index (χ0n) is 15.7. The number of hydrogen-bond donors (Lipinski definition) is 3. The van der Waals surface area contributed by atoms with Crippen LogP contribution in [-0.4, -0.2) is 33.0 Å². The van der Waals surface area contributed by atoms with Crippen LogP contribution >= 0.6 is 22.9 Å². The number of nitrogens with one attached hydrogen (secondary N) is 2. The molecule has 1 aliphatic rings. The van der Waals surface area contributed by atoms with Crippen LogP contribution < -0.4 is 11.1 Å². The topological polar surface area (TPSA) is 92.5 Å². The molecule has 5 rings (SSSR count). The van der Waals surface area contributed by atoms with Crippen molar-refractivity contribution in [3.63, 3.8) is 0 Å². The lowest BCUT2D eigenvalue weighted by Gasteiger charge is -2.12. The van der Waals surface area contributed by atoms with Gasteiger partial charge in [-0.25, -0.2) is 0 Å². The van der Waals surface area contributed by atoms with Crippen molar-refractivity contribution in [1.29, 1.82) is 0 Å². The zero-order chi connectivity index (χ0) is 19.8. The van der Waals surface area contributed by atoms with Crippen molar-refractivity contribution in [1.82, 2.24) is 20.4 Å². The van der Waals surface area contributed by atoms with Gasteiger partial charge in [-0.15, -0.1) is 10.2 Å². The van der Waals surface area contributed by atoms with Gasteiger partial charge >= 0.3 is 0 Å². The van der Waals surface area contributed by atoms with E-state index in [-0.39, 0.29) is 6.04 Å². The van der Waals surface area contributed by atoms with E-state index < -0.39 is 0 Å². The molecule has 1 atom stereocenters. The van der Waals surface area contributed by atoms with Gasteiger partial charge in [-0.1, -0.05) is 35.1 Å². The first-order valence-electron chi connectivity index (χ1n) is 9.71. The largest absolute Gasteiger partial charge is 0.359 e. The first-order valence-corrected chi connectivity index (χ1v) is 10.9. The molecule has 2 aromatic carbocycles. The summed E-state index contributed by atoms with van der Waals surface area (Å²) in [7, 11) is 0. The van der Waals surface area contributed by atoms with Crippen molar-refractivity contribution in [2.24, 2.45) is 5.73 Å². The number of benzene rings is 2. The van der Waals surface area contributed by atoms with E-state index in [1.807, 2.05) is 24.3 Å². The van der Waals surface area contributed by atoms with Crippen LogP contribution in [0.5, 0.6) is 0 Å². The summed E-state index contributed by atoms with van der Waals surface area (Å²) in [6.07, 6.45) is 3.23. The highest BCUT2D eigenvalue weighted by molar-refractivity contribution is 7.18. The monoisotopic (exact) mass is 424 g/mol. The van der Waals surface area contributed by atoms with Crippen LogP contribution in [0.15, 0.2) is 42.5 Å². The van der Waals surface area contributed by atoms with Crippen LogP contribution in [0, 0.1) is 0 Å². The highest BCUT2D eigenvalue weighted by atomic mass is 35.5. The van der Waals surface area contributed by atoms with Crippen molar-refractivity contribution in [3.05, 3.63) is 58.7 Å². The number of nitrogens with two attached hydrogens (primary N) is 1. The third kappa shape index (κ3) is 4.12. The number of aromatic amines is 1. The maximum atomic E-state index is 6.26. The number of aromatic nitrogens is 4. The smallest absolute Gasteiger partial charge is 0.206 e. The van der Waals surface area contributed by atoms with E-state index in [4.69, 9.17) is 17.3 Å².